The van der Waals surface area contributed by atoms with Crippen LogP contribution in [0, 0.1) is 0 Å². The van der Waals surface area contributed by atoms with Crippen LogP contribution < -0.4 is 0 Å². The summed E-state index contributed by atoms with van der Waals surface area (Å²) in [5.74, 6) is 0. The van der Waals surface area contributed by atoms with Crippen molar-refractivity contribution in [3.63, 3.8) is 0 Å². The molecule has 0 amide bonds. The van der Waals surface area contributed by atoms with Gasteiger partial charge in [-0.25, -0.2) is 0 Å². The maximum atomic E-state index is 9.48. The number of aryl methyl sites for hydroxylation is 1. The molecule has 4 nitrogen and oxygen atoms in total. The molecule has 2 atom stereocenters. The van der Waals surface area contributed by atoms with E-state index in [1.165, 1.54) is 0 Å². The lowest BCUT2D eigenvalue weighted by Crippen LogP contribution is -2.27. The molecule has 0 spiro atoms. The van der Waals surface area contributed by atoms with Gasteiger partial charge >= 0.3 is 0 Å². The first-order valence-electron chi connectivity index (χ1n) is 4.48. The van der Waals surface area contributed by atoms with Crippen molar-refractivity contribution in [3.8, 4) is 0 Å². The molecule has 0 aromatic carbocycles. The van der Waals surface area contributed by atoms with Crippen molar-refractivity contribution < 1.29 is 10.2 Å². The van der Waals surface area contributed by atoms with Gasteiger partial charge in [0, 0.05) is 19.7 Å². The lowest BCUT2D eigenvalue weighted by molar-refractivity contribution is 0.0175. The highest BCUT2D eigenvalue weighted by atomic mass is 16.3. The van der Waals surface area contributed by atoms with Crippen molar-refractivity contribution in [1.82, 2.24) is 9.78 Å². The van der Waals surface area contributed by atoms with Crippen LogP contribution in [-0.4, -0.2) is 32.2 Å². The number of aliphatic hydroxyl groups excluding tert-OH is 2. The SMILES string of the molecule is CCC(O)C(O)Cc1ccn(C)n1. The lowest BCUT2D eigenvalue weighted by atomic mass is 10.1. The van der Waals surface area contributed by atoms with Crippen LogP contribution in [0.5, 0.6) is 0 Å². The minimum Gasteiger partial charge on any atom is -0.390 e. The summed E-state index contributed by atoms with van der Waals surface area (Å²) < 4.78 is 1.68. The number of hydrogen-bond acceptors (Lipinski definition) is 3. The molecular formula is C9H16N2O2. The molecule has 0 aliphatic carbocycles. The van der Waals surface area contributed by atoms with E-state index in [4.69, 9.17) is 0 Å². The van der Waals surface area contributed by atoms with E-state index in [0.717, 1.165) is 5.69 Å². The van der Waals surface area contributed by atoms with Crippen LogP contribution in [0.15, 0.2) is 12.3 Å². The normalized spacial score (nSPS) is 15.7. The highest BCUT2D eigenvalue weighted by Crippen LogP contribution is 2.05. The Morgan fingerprint density at radius 3 is 2.62 bits per heavy atom. The van der Waals surface area contributed by atoms with Gasteiger partial charge in [0.05, 0.1) is 17.9 Å². The fourth-order valence-electron chi connectivity index (χ4n) is 1.19. The Balaban J connectivity index is 2.49. The van der Waals surface area contributed by atoms with Crippen LogP contribution >= 0.6 is 0 Å². The van der Waals surface area contributed by atoms with E-state index in [9.17, 15) is 10.2 Å². The summed E-state index contributed by atoms with van der Waals surface area (Å²) >= 11 is 0. The molecule has 1 aromatic rings. The summed E-state index contributed by atoms with van der Waals surface area (Å²) in [4.78, 5) is 0. The smallest absolute Gasteiger partial charge is 0.0854 e. The third kappa shape index (κ3) is 2.82. The highest BCUT2D eigenvalue weighted by molar-refractivity contribution is 5.00. The van der Waals surface area contributed by atoms with E-state index in [-0.39, 0.29) is 0 Å². The molecule has 0 aliphatic rings. The minimum absolute atomic E-state index is 0.413. The molecule has 0 aliphatic heterocycles. The first-order valence-corrected chi connectivity index (χ1v) is 4.48. The summed E-state index contributed by atoms with van der Waals surface area (Å²) in [6, 6.07) is 1.84. The third-order valence-electron chi connectivity index (χ3n) is 2.05. The topological polar surface area (TPSA) is 58.3 Å². The van der Waals surface area contributed by atoms with Gasteiger partial charge in [-0.1, -0.05) is 6.92 Å². The molecule has 2 unspecified atom stereocenters. The molecule has 0 saturated carbocycles. The molecule has 74 valence electrons. The molecule has 1 heterocycles. The van der Waals surface area contributed by atoms with E-state index in [2.05, 4.69) is 5.10 Å². The molecular weight excluding hydrogens is 168 g/mol. The minimum atomic E-state index is -0.708. The van der Waals surface area contributed by atoms with E-state index in [1.807, 2.05) is 26.2 Å². The Morgan fingerprint density at radius 1 is 1.46 bits per heavy atom. The van der Waals surface area contributed by atoms with Crippen LogP contribution in [-0.2, 0) is 13.5 Å². The number of rotatable bonds is 4. The van der Waals surface area contributed by atoms with Gasteiger partial charge in [-0.2, -0.15) is 5.10 Å². The largest absolute Gasteiger partial charge is 0.390 e. The van der Waals surface area contributed by atoms with Gasteiger partial charge in [-0.05, 0) is 12.5 Å². The molecule has 0 saturated heterocycles. The first kappa shape index (κ1) is 10.2. The summed E-state index contributed by atoms with van der Waals surface area (Å²) in [5, 5.41) is 22.9. The maximum absolute atomic E-state index is 9.48. The molecule has 13 heavy (non-hydrogen) atoms. The number of aliphatic hydroxyl groups is 2. The van der Waals surface area contributed by atoms with Gasteiger partial charge in [0.15, 0.2) is 0 Å². The van der Waals surface area contributed by atoms with Crippen LogP contribution in [0.3, 0.4) is 0 Å². The molecule has 1 aromatic heterocycles. The van der Waals surface area contributed by atoms with Crippen molar-refractivity contribution in [1.29, 1.82) is 0 Å². The summed E-state index contributed by atoms with van der Waals surface area (Å²) in [6.07, 6.45) is 1.44. The summed E-state index contributed by atoms with van der Waals surface area (Å²) in [7, 11) is 1.83. The number of hydrogen-bond donors (Lipinski definition) is 2. The van der Waals surface area contributed by atoms with Crippen molar-refractivity contribution >= 4 is 0 Å². The van der Waals surface area contributed by atoms with Gasteiger partial charge in [0.2, 0.25) is 0 Å². The molecule has 0 radical (unpaired) electrons. The Hall–Kier alpha value is -0.870. The lowest BCUT2D eigenvalue weighted by Gasteiger charge is -2.14. The Kier molecular flexibility index (Phi) is 3.45. The second-order valence-corrected chi connectivity index (χ2v) is 3.23. The third-order valence-corrected chi connectivity index (χ3v) is 2.05. The van der Waals surface area contributed by atoms with E-state index in [1.54, 1.807) is 4.68 Å². The summed E-state index contributed by atoms with van der Waals surface area (Å²) in [6.45, 7) is 1.84. The van der Waals surface area contributed by atoms with Crippen LogP contribution in [0.1, 0.15) is 19.0 Å². The fourth-order valence-corrected chi connectivity index (χ4v) is 1.19. The van der Waals surface area contributed by atoms with Crippen LogP contribution in [0.25, 0.3) is 0 Å². The van der Waals surface area contributed by atoms with Crippen LogP contribution in [0.4, 0.5) is 0 Å². The second-order valence-electron chi connectivity index (χ2n) is 3.23. The van der Waals surface area contributed by atoms with Crippen molar-refractivity contribution in [2.75, 3.05) is 0 Å². The maximum Gasteiger partial charge on any atom is 0.0854 e. The number of aromatic nitrogens is 2. The van der Waals surface area contributed by atoms with Gasteiger partial charge in [-0.15, -0.1) is 0 Å². The molecule has 4 heteroatoms. The van der Waals surface area contributed by atoms with E-state index in [0.29, 0.717) is 12.8 Å². The number of nitrogens with zero attached hydrogens (tertiary/aromatic N) is 2. The monoisotopic (exact) mass is 184 g/mol. The van der Waals surface area contributed by atoms with Crippen molar-refractivity contribution in [2.45, 2.75) is 32.0 Å². The summed E-state index contributed by atoms with van der Waals surface area (Å²) in [5.41, 5.74) is 0.808. The molecule has 0 bridgehead atoms. The fraction of sp³-hybridized carbons (Fsp3) is 0.667. The Morgan fingerprint density at radius 2 is 2.15 bits per heavy atom. The first-order chi connectivity index (χ1) is 6.13. The Bertz CT molecular complexity index is 260. The van der Waals surface area contributed by atoms with E-state index < -0.39 is 12.2 Å². The Labute approximate surface area is 77.8 Å². The van der Waals surface area contributed by atoms with E-state index >= 15 is 0 Å². The van der Waals surface area contributed by atoms with Gasteiger partial charge in [0.25, 0.3) is 0 Å². The highest BCUT2D eigenvalue weighted by Gasteiger charge is 2.15. The average Bonchev–Trinajstić information content (AvgIpc) is 2.49. The zero-order valence-corrected chi connectivity index (χ0v) is 8.01. The van der Waals surface area contributed by atoms with Crippen LogP contribution in [0.2, 0.25) is 0 Å². The molecule has 0 fully saturated rings. The average molecular weight is 184 g/mol. The zero-order chi connectivity index (χ0) is 9.84. The van der Waals surface area contributed by atoms with Gasteiger partial charge < -0.3 is 10.2 Å². The molecule has 2 N–H and O–H groups in total. The van der Waals surface area contributed by atoms with Gasteiger partial charge in [-0.3, -0.25) is 4.68 Å². The van der Waals surface area contributed by atoms with Gasteiger partial charge in [0.1, 0.15) is 0 Å². The standard InChI is InChI=1S/C9H16N2O2/c1-3-8(12)9(13)6-7-4-5-11(2)10-7/h4-5,8-9,12-13H,3,6H2,1-2H3. The quantitative estimate of drug-likeness (QED) is 0.697. The predicted molar refractivity (Wildman–Crippen MR) is 49.2 cm³/mol. The predicted octanol–water partition coefficient (Wildman–Crippen LogP) is 0.0944. The zero-order valence-electron chi connectivity index (χ0n) is 8.01. The molecule has 1 rings (SSSR count). The second kappa shape index (κ2) is 4.39. The van der Waals surface area contributed by atoms with Crippen molar-refractivity contribution in [3.05, 3.63) is 18.0 Å². The van der Waals surface area contributed by atoms with Crippen molar-refractivity contribution in [2.24, 2.45) is 7.05 Å².